The van der Waals surface area contributed by atoms with E-state index in [2.05, 4.69) is 32.2 Å². The van der Waals surface area contributed by atoms with Gasteiger partial charge in [-0.25, -0.2) is 19.0 Å². The standard InChI is InChI=1S/C35H40F2N8O5/c1-3-25-27(37)7-6-22-14-24(50-20-48-2)15-29(30(22)25)44-12-8-26-28(17-44)40-34(49-18-21-5-4-10-38-16-23(36)13-21)41-31(26)45-19-35(9-11-39-45)32(46)42-33(47)43-35/h1,6-7,14-15,21,23,38-39H,4-5,8-13,16-20H2,2H3,(H2,42,43,46,47)/t21-,23?,35?/m1/s1. The Morgan fingerprint density at radius 2 is 2.06 bits per heavy atom. The molecule has 264 valence electrons. The summed E-state index contributed by atoms with van der Waals surface area (Å²) in [6.07, 6.45) is 7.81. The quantitative estimate of drug-likeness (QED) is 0.158. The van der Waals surface area contributed by atoms with Crippen LogP contribution in [0.25, 0.3) is 10.8 Å². The normalized spacial score (nSPS) is 23.9. The topological polar surface area (TPSA) is 142 Å². The highest BCUT2D eigenvalue weighted by Crippen LogP contribution is 2.39. The summed E-state index contributed by atoms with van der Waals surface area (Å²) in [5, 5.41) is 11.4. The molecule has 3 fully saturated rings. The van der Waals surface area contributed by atoms with Crippen molar-refractivity contribution in [1.29, 1.82) is 0 Å². The Labute approximate surface area is 288 Å². The smallest absolute Gasteiger partial charge is 0.322 e. The number of hydrogen-bond donors (Lipinski definition) is 4. The zero-order chi connectivity index (χ0) is 34.8. The van der Waals surface area contributed by atoms with Gasteiger partial charge >= 0.3 is 12.0 Å². The van der Waals surface area contributed by atoms with Crippen molar-refractivity contribution in [1.82, 2.24) is 31.3 Å². The van der Waals surface area contributed by atoms with Crippen LogP contribution in [0.1, 0.15) is 42.5 Å². The maximum atomic E-state index is 15.1. The van der Waals surface area contributed by atoms with E-state index in [0.29, 0.717) is 79.2 Å². The fourth-order valence-corrected chi connectivity index (χ4v) is 7.33. The highest BCUT2D eigenvalue weighted by atomic mass is 19.1. The van der Waals surface area contributed by atoms with Gasteiger partial charge in [-0.1, -0.05) is 12.0 Å². The molecule has 4 N–H and O–H groups in total. The second-order valence-corrected chi connectivity index (χ2v) is 13.2. The first-order valence-electron chi connectivity index (χ1n) is 16.9. The van der Waals surface area contributed by atoms with E-state index in [0.717, 1.165) is 24.9 Å². The van der Waals surface area contributed by atoms with Gasteiger partial charge in [-0.15, -0.1) is 6.42 Å². The summed E-state index contributed by atoms with van der Waals surface area (Å²) in [7, 11) is 1.53. The molecule has 2 aromatic carbocycles. The molecule has 3 aromatic rings. The van der Waals surface area contributed by atoms with E-state index < -0.39 is 29.5 Å². The molecule has 3 atom stereocenters. The number of terminal acetylenes is 1. The van der Waals surface area contributed by atoms with Gasteiger partial charge in [0.15, 0.2) is 12.6 Å². The van der Waals surface area contributed by atoms with Gasteiger partial charge in [0.1, 0.15) is 23.3 Å². The predicted molar refractivity (Wildman–Crippen MR) is 181 cm³/mol. The van der Waals surface area contributed by atoms with Gasteiger partial charge in [-0.3, -0.25) is 15.1 Å². The summed E-state index contributed by atoms with van der Waals surface area (Å²) in [5.74, 6) is 2.68. The van der Waals surface area contributed by atoms with Gasteiger partial charge in [0, 0.05) is 43.8 Å². The fourth-order valence-electron chi connectivity index (χ4n) is 7.33. The van der Waals surface area contributed by atoms with E-state index in [1.54, 1.807) is 17.1 Å². The van der Waals surface area contributed by atoms with Crippen molar-refractivity contribution in [3.63, 3.8) is 0 Å². The van der Waals surface area contributed by atoms with Gasteiger partial charge in [0.25, 0.3) is 5.91 Å². The first kappa shape index (κ1) is 33.7. The Morgan fingerprint density at radius 1 is 1.18 bits per heavy atom. The van der Waals surface area contributed by atoms with Crippen molar-refractivity contribution in [2.75, 3.05) is 63.1 Å². The first-order valence-corrected chi connectivity index (χ1v) is 16.9. The molecule has 4 aliphatic rings. The summed E-state index contributed by atoms with van der Waals surface area (Å²) >= 11 is 0. The lowest BCUT2D eigenvalue weighted by atomic mass is 9.93. The van der Waals surface area contributed by atoms with Crippen LogP contribution in [0.2, 0.25) is 0 Å². The average molecular weight is 691 g/mol. The van der Waals surface area contributed by atoms with E-state index in [1.807, 2.05) is 6.07 Å². The number of nitrogens with zero attached hydrogens (tertiary/aromatic N) is 4. The van der Waals surface area contributed by atoms with E-state index in [1.165, 1.54) is 13.2 Å². The molecule has 0 aliphatic carbocycles. The minimum Gasteiger partial charge on any atom is -0.467 e. The number of halogens is 2. The molecule has 15 heteroatoms. The fraction of sp³-hybridized carbons (Fsp3) is 0.486. The summed E-state index contributed by atoms with van der Waals surface area (Å²) in [6.45, 7) is 2.66. The van der Waals surface area contributed by atoms with Gasteiger partial charge in [0.05, 0.1) is 36.6 Å². The number of carbonyl (C=O) groups excluding carboxylic acids is 2. The molecule has 0 saturated carbocycles. The van der Waals surface area contributed by atoms with Crippen molar-refractivity contribution < 1.29 is 32.6 Å². The van der Waals surface area contributed by atoms with E-state index in [-0.39, 0.29) is 37.4 Å². The lowest BCUT2D eigenvalue weighted by Crippen LogP contribution is -2.64. The summed E-state index contributed by atoms with van der Waals surface area (Å²) in [6, 6.07) is 6.22. The molecule has 2 unspecified atom stereocenters. The van der Waals surface area contributed by atoms with Crippen LogP contribution in [0.15, 0.2) is 24.3 Å². The van der Waals surface area contributed by atoms with Crippen molar-refractivity contribution >= 4 is 34.2 Å². The van der Waals surface area contributed by atoms with E-state index in [4.69, 9.17) is 30.6 Å². The van der Waals surface area contributed by atoms with Crippen molar-refractivity contribution in [2.45, 2.75) is 50.4 Å². The van der Waals surface area contributed by atoms with Crippen molar-refractivity contribution in [3.8, 4) is 24.1 Å². The molecule has 1 spiro atoms. The molecule has 3 amide bonds. The van der Waals surface area contributed by atoms with Gasteiger partial charge in [0.2, 0.25) is 0 Å². The molecule has 0 radical (unpaired) electrons. The van der Waals surface area contributed by atoms with Crippen molar-refractivity contribution in [3.05, 3.63) is 46.9 Å². The number of imide groups is 1. The number of nitrogens with one attached hydrogen (secondary N) is 4. The SMILES string of the molecule is C#Cc1c(F)ccc2cc(OCOC)cc(N3CCc4c(nc(OC[C@@H]5CCCNCC(F)C5)nc4N4CC5(CCN4)NC(=O)NC5=O)C3)c12. The minimum absolute atomic E-state index is 0.0151. The van der Waals surface area contributed by atoms with Crippen LogP contribution in [0.5, 0.6) is 11.8 Å². The number of urea groups is 1. The number of anilines is 2. The Morgan fingerprint density at radius 3 is 2.86 bits per heavy atom. The minimum atomic E-state index is -1.12. The van der Waals surface area contributed by atoms with Crippen LogP contribution in [0, 0.1) is 24.1 Å². The van der Waals surface area contributed by atoms with Crippen LogP contribution in [-0.4, -0.2) is 86.9 Å². The van der Waals surface area contributed by atoms with E-state index in [9.17, 15) is 14.0 Å². The number of rotatable bonds is 8. The molecule has 13 nitrogen and oxygen atoms in total. The number of benzene rings is 2. The predicted octanol–water partition coefficient (Wildman–Crippen LogP) is 2.70. The van der Waals surface area contributed by atoms with Crippen molar-refractivity contribution in [2.24, 2.45) is 5.92 Å². The number of amides is 3. The lowest BCUT2D eigenvalue weighted by molar-refractivity contribution is -0.124. The number of ether oxygens (including phenoxy) is 3. The third-order valence-electron chi connectivity index (χ3n) is 9.79. The molecule has 1 aromatic heterocycles. The zero-order valence-corrected chi connectivity index (χ0v) is 27.8. The molecular weight excluding hydrogens is 650 g/mol. The second-order valence-electron chi connectivity index (χ2n) is 13.2. The van der Waals surface area contributed by atoms with Gasteiger partial charge in [-0.2, -0.15) is 9.97 Å². The monoisotopic (exact) mass is 690 g/mol. The highest BCUT2D eigenvalue weighted by Gasteiger charge is 2.49. The number of carbonyl (C=O) groups is 2. The number of hydrazine groups is 1. The van der Waals surface area contributed by atoms with Crippen LogP contribution >= 0.6 is 0 Å². The number of alkyl halides is 1. The highest BCUT2D eigenvalue weighted by molar-refractivity contribution is 6.07. The van der Waals surface area contributed by atoms with Gasteiger partial charge in [-0.05, 0) is 62.1 Å². The average Bonchev–Trinajstić information content (AvgIpc) is 3.37. The Kier molecular flexibility index (Phi) is 9.58. The molecule has 7 rings (SSSR count). The number of hydrogen-bond acceptors (Lipinski definition) is 11. The zero-order valence-electron chi connectivity index (χ0n) is 27.8. The van der Waals surface area contributed by atoms with E-state index >= 15 is 4.39 Å². The summed E-state index contributed by atoms with van der Waals surface area (Å²) in [5.41, 5.74) is 4.53. The van der Waals surface area contributed by atoms with Gasteiger partial charge < -0.3 is 29.7 Å². The maximum Gasteiger partial charge on any atom is 0.322 e. The molecule has 50 heavy (non-hydrogen) atoms. The molecular formula is C35H40F2N8O5. The van der Waals surface area contributed by atoms with Crippen LogP contribution in [0.4, 0.5) is 25.1 Å². The van der Waals surface area contributed by atoms with Crippen LogP contribution in [0.3, 0.4) is 0 Å². The number of fused-ring (bicyclic) bond motifs is 2. The third kappa shape index (κ3) is 6.70. The largest absolute Gasteiger partial charge is 0.467 e. The molecule has 5 heterocycles. The summed E-state index contributed by atoms with van der Waals surface area (Å²) in [4.78, 5) is 36.9. The Hall–Kier alpha value is -4.78. The second kappa shape index (κ2) is 14.2. The molecule has 4 aliphatic heterocycles. The Balaban J connectivity index is 1.26. The third-order valence-corrected chi connectivity index (χ3v) is 9.79. The first-order chi connectivity index (χ1) is 24.3. The lowest BCUT2D eigenvalue weighted by Gasteiger charge is -2.41. The Bertz CT molecular complexity index is 1840. The maximum absolute atomic E-state index is 15.1. The van der Waals surface area contributed by atoms with Crippen LogP contribution < -0.4 is 40.8 Å². The summed E-state index contributed by atoms with van der Waals surface area (Å²) < 4.78 is 46.8. The number of aromatic nitrogens is 2. The molecule has 3 saturated heterocycles. The number of methoxy groups -OCH3 is 1. The van der Waals surface area contributed by atoms with Crippen LogP contribution in [-0.2, 0) is 22.5 Å². The molecule has 0 bridgehead atoms.